The highest BCUT2D eigenvalue weighted by Crippen LogP contribution is 2.39. The lowest BCUT2D eigenvalue weighted by Crippen LogP contribution is -2.03. The maximum absolute atomic E-state index is 5.61. The lowest BCUT2D eigenvalue weighted by molar-refractivity contribution is 0.497. The van der Waals surface area contributed by atoms with E-state index in [1.165, 1.54) is 68.1 Å². The number of aromatic amines is 2. The van der Waals surface area contributed by atoms with Crippen LogP contribution in [-0.2, 0) is 0 Å². The fourth-order valence-corrected chi connectivity index (χ4v) is 8.68. The van der Waals surface area contributed by atoms with Crippen molar-refractivity contribution in [1.29, 1.82) is 0 Å². The third-order valence-electron chi connectivity index (χ3n) is 11.8. The Morgan fingerprint density at radius 2 is 0.825 bits per heavy atom. The lowest BCUT2D eigenvalue weighted by atomic mass is 9.87. The zero-order valence-electron chi connectivity index (χ0n) is 34.2. The molecule has 3 aromatic heterocycles. The van der Waals surface area contributed by atoms with Crippen LogP contribution in [0.1, 0.15) is 123 Å². The van der Waals surface area contributed by atoms with Crippen LogP contribution in [0.4, 0.5) is 0 Å². The van der Waals surface area contributed by atoms with Crippen molar-refractivity contribution in [1.82, 2.24) is 19.9 Å². The molecular weight excluding hydrogens is 693 g/mol. The molecule has 288 valence electrons. The van der Waals surface area contributed by atoms with Gasteiger partial charge in [-0.3, -0.25) is 0 Å². The van der Waals surface area contributed by atoms with Crippen molar-refractivity contribution < 1.29 is 0 Å². The fourth-order valence-electron chi connectivity index (χ4n) is 8.68. The van der Waals surface area contributed by atoms with E-state index in [2.05, 4.69) is 165 Å². The van der Waals surface area contributed by atoms with Crippen molar-refractivity contribution in [2.75, 3.05) is 0 Å². The summed E-state index contributed by atoms with van der Waals surface area (Å²) in [7, 11) is 0. The summed E-state index contributed by atoms with van der Waals surface area (Å²) in [6, 6.07) is 37.4. The molecule has 2 aliphatic rings. The molecule has 2 N–H and O–H groups in total. The predicted molar refractivity (Wildman–Crippen MR) is 245 cm³/mol. The molecule has 3 aromatic carbocycles. The van der Waals surface area contributed by atoms with Gasteiger partial charge in [0.05, 0.1) is 22.8 Å². The van der Waals surface area contributed by atoms with Gasteiger partial charge >= 0.3 is 0 Å². The van der Waals surface area contributed by atoms with Crippen LogP contribution in [0.25, 0.3) is 79.8 Å². The van der Waals surface area contributed by atoms with Gasteiger partial charge in [0.15, 0.2) is 0 Å². The number of hydrogen-bond donors (Lipinski definition) is 2. The number of benzene rings is 3. The van der Waals surface area contributed by atoms with Crippen molar-refractivity contribution in [3.63, 3.8) is 0 Å². The molecule has 6 aromatic rings. The maximum atomic E-state index is 5.61. The summed E-state index contributed by atoms with van der Waals surface area (Å²) in [6.45, 7) is 8.90. The Morgan fingerprint density at radius 1 is 0.421 bits per heavy atom. The van der Waals surface area contributed by atoms with Gasteiger partial charge in [0.2, 0.25) is 0 Å². The van der Waals surface area contributed by atoms with Crippen LogP contribution in [0.15, 0.2) is 103 Å². The number of fused-ring (bicyclic) bond motifs is 8. The minimum atomic E-state index is 0.390. The van der Waals surface area contributed by atoms with Gasteiger partial charge in [0, 0.05) is 44.3 Å². The monoisotopic (exact) mass is 748 g/mol. The molecule has 0 amide bonds. The minimum absolute atomic E-state index is 0.390. The summed E-state index contributed by atoms with van der Waals surface area (Å²) < 4.78 is 0. The number of aromatic nitrogens is 4. The third kappa shape index (κ3) is 8.37. The van der Waals surface area contributed by atoms with E-state index in [1.807, 2.05) is 0 Å². The standard InChI is InChI=1S/C53H56N4/c1-5-7-9-12-16-38(17-13-10-8-6-2)50-42-28-32-46(54-42)52(40-24-20-36(3)21-25-40)48-34-30-44(56-48)51(39-18-14-11-15-19-39)45-31-35-49(57-45)53(47-33-29-43(50)55-47)41-26-22-37(4)23-27-41/h11,14-15,18-35,38,54,57H,5-10,12-13,16-17H2,1-4H3. The molecule has 57 heavy (non-hydrogen) atoms. The molecule has 0 aliphatic carbocycles. The van der Waals surface area contributed by atoms with Crippen LogP contribution in [-0.4, -0.2) is 19.9 Å². The van der Waals surface area contributed by atoms with Crippen molar-refractivity contribution in [3.05, 3.63) is 143 Å². The topological polar surface area (TPSA) is 57.4 Å². The number of hydrogen-bond acceptors (Lipinski definition) is 2. The number of rotatable bonds is 14. The van der Waals surface area contributed by atoms with Gasteiger partial charge in [0.1, 0.15) is 0 Å². The second kappa shape index (κ2) is 17.6. The zero-order chi connectivity index (χ0) is 39.1. The molecule has 0 unspecified atom stereocenters. The molecule has 0 atom stereocenters. The van der Waals surface area contributed by atoms with Gasteiger partial charge in [-0.2, -0.15) is 0 Å². The van der Waals surface area contributed by atoms with E-state index in [1.54, 1.807) is 0 Å². The van der Waals surface area contributed by atoms with Crippen LogP contribution in [0.2, 0.25) is 0 Å². The van der Waals surface area contributed by atoms with Gasteiger partial charge in [-0.15, -0.1) is 0 Å². The van der Waals surface area contributed by atoms with Crippen molar-refractivity contribution >= 4 is 46.4 Å². The first kappa shape index (κ1) is 38.1. The Balaban J connectivity index is 1.48. The van der Waals surface area contributed by atoms with E-state index in [0.717, 1.165) is 91.1 Å². The fraction of sp³-hybridized carbons (Fsp3) is 0.283. The molecule has 4 nitrogen and oxygen atoms in total. The zero-order valence-corrected chi connectivity index (χ0v) is 34.2. The molecule has 2 aliphatic heterocycles. The van der Waals surface area contributed by atoms with E-state index in [-0.39, 0.29) is 0 Å². The molecular formula is C53H56N4. The first-order chi connectivity index (χ1) is 28.0. The second-order valence-corrected chi connectivity index (χ2v) is 16.0. The maximum Gasteiger partial charge on any atom is 0.0737 e. The Labute approximate surface area is 338 Å². The predicted octanol–water partition coefficient (Wildman–Crippen LogP) is 15.3. The molecule has 5 heterocycles. The second-order valence-electron chi connectivity index (χ2n) is 16.0. The summed E-state index contributed by atoms with van der Waals surface area (Å²) in [6.07, 6.45) is 21.3. The molecule has 0 radical (unpaired) electrons. The van der Waals surface area contributed by atoms with E-state index in [4.69, 9.17) is 9.97 Å². The van der Waals surface area contributed by atoms with E-state index < -0.39 is 0 Å². The minimum Gasteiger partial charge on any atom is -0.355 e. The molecule has 0 fully saturated rings. The van der Waals surface area contributed by atoms with Gasteiger partial charge in [0.25, 0.3) is 0 Å². The largest absolute Gasteiger partial charge is 0.355 e. The number of nitrogens with one attached hydrogen (secondary N) is 2. The summed E-state index contributed by atoms with van der Waals surface area (Å²) in [5, 5.41) is 0. The lowest BCUT2D eigenvalue weighted by Gasteiger charge is -2.19. The van der Waals surface area contributed by atoms with Crippen LogP contribution in [0, 0.1) is 13.8 Å². The summed E-state index contributed by atoms with van der Waals surface area (Å²) >= 11 is 0. The van der Waals surface area contributed by atoms with Gasteiger partial charge in [-0.05, 0) is 97.9 Å². The van der Waals surface area contributed by atoms with Crippen molar-refractivity contribution in [2.24, 2.45) is 0 Å². The van der Waals surface area contributed by atoms with Gasteiger partial charge in [-0.1, -0.05) is 155 Å². The third-order valence-corrected chi connectivity index (χ3v) is 11.8. The first-order valence-electron chi connectivity index (χ1n) is 21.4. The van der Waals surface area contributed by atoms with Crippen LogP contribution < -0.4 is 0 Å². The summed E-state index contributed by atoms with van der Waals surface area (Å²) in [5.41, 5.74) is 18.7. The smallest absolute Gasteiger partial charge is 0.0737 e. The number of H-pyrrole nitrogens is 2. The summed E-state index contributed by atoms with van der Waals surface area (Å²) in [4.78, 5) is 19.0. The average molecular weight is 749 g/mol. The quantitative estimate of drug-likeness (QED) is 0.109. The molecule has 4 heteroatoms. The van der Waals surface area contributed by atoms with Crippen molar-refractivity contribution in [3.8, 4) is 33.4 Å². The van der Waals surface area contributed by atoms with Gasteiger partial charge in [-0.25, -0.2) is 9.97 Å². The molecule has 0 saturated carbocycles. The highest BCUT2D eigenvalue weighted by molar-refractivity contribution is 5.97. The number of nitrogens with zero attached hydrogens (tertiary/aromatic N) is 2. The van der Waals surface area contributed by atoms with E-state index in [9.17, 15) is 0 Å². The molecule has 8 rings (SSSR count). The first-order valence-corrected chi connectivity index (χ1v) is 21.4. The SMILES string of the molecule is CCCCCCC(CCCCCC)c1c2nc(c(-c3ccc(C)cc3)c3ccc([nH]3)c(-c3ccccc3)c3nc(c(-c4ccc(C)cc4)c4ccc1[nH]4)C=C3)C=C2. The van der Waals surface area contributed by atoms with Crippen LogP contribution >= 0.6 is 0 Å². The highest BCUT2D eigenvalue weighted by Gasteiger charge is 2.22. The highest BCUT2D eigenvalue weighted by atomic mass is 14.8. The molecule has 0 spiro atoms. The van der Waals surface area contributed by atoms with Crippen LogP contribution in [0.5, 0.6) is 0 Å². The number of unbranched alkanes of at least 4 members (excludes halogenated alkanes) is 6. The number of aryl methyl sites for hydroxylation is 2. The van der Waals surface area contributed by atoms with Crippen molar-refractivity contribution in [2.45, 2.75) is 97.8 Å². The average Bonchev–Trinajstić information content (AvgIpc) is 4.08. The molecule has 0 saturated heterocycles. The Kier molecular flexibility index (Phi) is 11.8. The van der Waals surface area contributed by atoms with Crippen LogP contribution in [0.3, 0.4) is 0 Å². The van der Waals surface area contributed by atoms with Gasteiger partial charge < -0.3 is 9.97 Å². The Hall–Kier alpha value is -5.74. The Bertz CT molecular complexity index is 2490. The van der Waals surface area contributed by atoms with E-state index in [0.29, 0.717) is 5.92 Å². The van der Waals surface area contributed by atoms with E-state index >= 15 is 0 Å². The summed E-state index contributed by atoms with van der Waals surface area (Å²) in [5.74, 6) is 0.390. The molecule has 8 bridgehead atoms. The Morgan fingerprint density at radius 3 is 1.30 bits per heavy atom. The normalized spacial score (nSPS) is 12.2.